The number of rotatable bonds is 3. The number of benzene rings is 2. The molecule has 0 radical (unpaired) electrons. The topological polar surface area (TPSA) is 35.2 Å². The van der Waals surface area contributed by atoms with Gasteiger partial charge in [-0.1, -0.05) is 23.7 Å². The van der Waals surface area contributed by atoms with E-state index in [-0.39, 0.29) is 11.3 Å². The predicted molar refractivity (Wildman–Crippen MR) is 75.1 cm³/mol. The zero-order valence-corrected chi connectivity index (χ0v) is 11.8. The number of hydrogen-bond donors (Lipinski definition) is 1. The highest BCUT2D eigenvalue weighted by Crippen LogP contribution is 2.32. The van der Waals surface area contributed by atoms with Gasteiger partial charge in [0, 0.05) is 22.7 Å². The van der Waals surface area contributed by atoms with Crippen molar-refractivity contribution >= 4 is 11.6 Å². The summed E-state index contributed by atoms with van der Waals surface area (Å²) in [5.74, 6) is -1.41. The molecule has 2 rings (SSSR count). The van der Waals surface area contributed by atoms with E-state index in [4.69, 9.17) is 22.1 Å². The van der Waals surface area contributed by atoms with Crippen molar-refractivity contribution in [2.45, 2.75) is 13.0 Å². The second-order valence-electron chi connectivity index (χ2n) is 4.51. The Morgan fingerprint density at radius 1 is 1.15 bits per heavy atom. The van der Waals surface area contributed by atoms with Gasteiger partial charge in [-0.05, 0) is 24.1 Å². The number of halogens is 3. The van der Waals surface area contributed by atoms with Crippen LogP contribution in [0.15, 0.2) is 30.3 Å². The zero-order chi connectivity index (χ0) is 14.9. The molecule has 0 saturated carbocycles. The molecule has 5 heteroatoms. The summed E-state index contributed by atoms with van der Waals surface area (Å²) in [6, 6.07) is 6.39. The highest BCUT2D eigenvalue weighted by molar-refractivity contribution is 6.31. The highest BCUT2D eigenvalue weighted by atomic mass is 35.5. The van der Waals surface area contributed by atoms with Gasteiger partial charge in [0.05, 0.1) is 13.2 Å². The van der Waals surface area contributed by atoms with E-state index in [2.05, 4.69) is 0 Å². The molecular weight excluding hydrogens is 284 g/mol. The molecule has 0 heterocycles. The Morgan fingerprint density at radius 3 is 2.25 bits per heavy atom. The van der Waals surface area contributed by atoms with Crippen molar-refractivity contribution in [2.75, 3.05) is 7.11 Å². The Bertz CT molecular complexity index is 623. The van der Waals surface area contributed by atoms with E-state index in [1.807, 2.05) is 6.92 Å². The lowest BCUT2D eigenvalue weighted by Crippen LogP contribution is -2.16. The van der Waals surface area contributed by atoms with E-state index >= 15 is 0 Å². The summed E-state index contributed by atoms with van der Waals surface area (Å²) in [6.45, 7) is 1.87. The smallest absolute Gasteiger partial charge is 0.134 e. The molecule has 0 fully saturated rings. The van der Waals surface area contributed by atoms with Crippen LogP contribution >= 0.6 is 11.6 Å². The molecule has 0 aliphatic rings. The molecule has 2 aromatic carbocycles. The first-order valence-electron chi connectivity index (χ1n) is 5.98. The third kappa shape index (κ3) is 2.76. The summed E-state index contributed by atoms with van der Waals surface area (Å²) in [4.78, 5) is 0. The molecule has 0 aromatic heterocycles. The maximum Gasteiger partial charge on any atom is 0.134 e. The zero-order valence-electron chi connectivity index (χ0n) is 11.1. The normalized spacial score (nSPS) is 12.3. The van der Waals surface area contributed by atoms with Crippen molar-refractivity contribution in [2.24, 2.45) is 5.73 Å². The van der Waals surface area contributed by atoms with Crippen molar-refractivity contribution in [3.8, 4) is 5.75 Å². The van der Waals surface area contributed by atoms with E-state index in [0.29, 0.717) is 10.6 Å². The second kappa shape index (κ2) is 5.77. The van der Waals surface area contributed by atoms with Crippen molar-refractivity contribution in [1.29, 1.82) is 0 Å². The van der Waals surface area contributed by atoms with E-state index in [0.717, 1.165) is 17.7 Å². The fraction of sp³-hybridized carbons (Fsp3) is 0.200. The average Bonchev–Trinajstić information content (AvgIpc) is 2.37. The fourth-order valence-corrected chi connectivity index (χ4v) is 2.37. The number of aryl methyl sites for hydroxylation is 1. The van der Waals surface area contributed by atoms with Crippen LogP contribution in [-0.2, 0) is 0 Å². The maximum atomic E-state index is 14.0. The summed E-state index contributed by atoms with van der Waals surface area (Å²) in [6.07, 6.45) is 0. The molecule has 0 bridgehead atoms. The van der Waals surface area contributed by atoms with Crippen molar-refractivity contribution in [3.05, 3.63) is 63.7 Å². The van der Waals surface area contributed by atoms with Crippen LogP contribution in [0.1, 0.15) is 22.7 Å². The number of ether oxygens (including phenoxy) is 1. The van der Waals surface area contributed by atoms with Crippen LogP contribution in [0.2, 0.25) is 5.02 Å². The van der Waals surface area contributed by atoms with Crippen LogP contribution < -0.4 is 10.5 Å². The Kier molecular flexibility index (Phi) is 4.26. The van der Waals surface area contributed by atoms with Crippen molar-refractivity contribution in [1.82, 2.24) is 0 Å². The first-order valence-corrected chi connectivity index (χ1v) is 6.36. The number of nitrogens with two attached hydrogens (primary N) is 1. The van der Waals surface area contributed by atoms with Gasteiger partial charge in [0.2, 0.25) is 0 Å². The summed E-state index contributed by atoms with van der Waals surface area (Å²) in [5, 5.41) is 0.382. The molecule has 0 aliphatic carbocycles. The van der Waals surface area contributed by atoms with Gasteiger partial charge in [0.25, 0.3) is 0 Å². The average molecular weight is 298 g/mol. The molecule has 0 amide bonds. The molecule has 0 saturated heterocycles. The SMILES string of the molecule is COc1cc(F)c(C(N)c2ccc(C)cc2Cl)c(F)c1. The third-order valence-corrected chi connectivity index (χ3v) is 3.42. The lowest BCUT2D eigenvalue weighted by molar-refractivity contribution is 0.404. The number of methoxy groups -OCH3 is 1. The minimum Gasteiger partial charge on any atom is -0.497 e. The van der Waals surface area contributed by atoms with Gasteiger partial charge < -0.3 is 10.5 Å². The number of hydrogen-bond acceptors (Lipinski definition) is 2. The van der Waals surface area contributed by atoms with Gasteiger partial charge in [-0.3, -0.25) is 0 Å². The summed E-state index contributed by atoms with van der Waals surface area (Å²) in [5.41, 5.74) is 7.15. The van der Waals surface area contributed by atoms with Crippen LogP contribution in [0.3, 0.4) is 0 Å². The minimum absolute atomic E-state index is 0.103. The second-order valence-corrected chi connectivity index (χ2v) is 4.91. The van der Waals surface area contributed by atoms with Crippen molar-refractivity contribution in [3.63, 3.8) is 0 Å². The Hall–Kier alpha value is -1.65. The molecular formula is C15H14ClF2NO. The molecule has 2 nitrogen and oxygen atoms in total. The molecule has 0 aliphatic heterocycles. The van der Waals surface area contributed by atoms with Crippen LogP contribution in [0.4, 0.5) is 8.78 Å². The van der Waals surface area contributed by atoms with Gasteiger partial charge in [-0.2, -0.15) is 0 Å². The summed E-state index contributed by atoms with van der Waals surface area (Å²) in [7, 11) is 1.34. The molecule has 1 unspecified atom stereocenters. The summed E-state index contributed by atoms with van der Waals surface area (Å²) >= 11 is 6.09. The van der Waals surface area contributed by atoms with Gasteiger partial charge in [0.15, 0.2) is 0 Å². The molecule has 106 valence electrons. The summed E-state index contributed by atoms with van der Waals surface area (Å²) < 4.78 is 32.8. The van der Waals surface area contributed by atoms with Crippen LogP contribution in [-0.4, -0.2) is 7.11 Å². The highest BCUT2D eigenvalue weighted by Gasteiger charge is 2.21. The van der Waals surface area contributed by atoms with E-state index in [1.165, 1.54) is 7.11 Å². The lowest BCUT2D eigenvalue weighted by Gasteiger charge is -2.17. The molecule has 2 aromatic rings. The van der Waals surface area contributed by atoms with Gasteiger partial charge in [0.1, 0.15) is 17.4 Å². The molecule has 2 N–H and O–H groups in total. The quantitative estimate of drug-likeness (QED) is 0.930. The Morgan fingerprint density at radius 2 is 1.75 bits per heavy atom. The molecule has 0 spiro atoms. The monoisotopic (exact) mass is 297 g/mol. The first-order chi connectivity index (χ1) is 9.43. The first kappa shape index (κ1) is 14.8. The van der Waals surface area contributed by atoms with Crippen LogP contribution in [0.25, 0.3) is 0 Å². The fourth-order valence-electron chi connectivity index (χ4n) is 2.02. The molecule has 20 heavy (non-hydrogen) atoms. The Balaban J connectivity index is 2.50. The van der Waals surface area contributed by atoms with Gasteiger partial charge >= 0.3 is 0 Å². The standard InChI is InChI=1S/C15H14ClF2NO/c1-8-3-4-10(11(16)5-8)15(19)14-12(17)6-9(20-2)7-13(14)18/h3-7,15H,19H2,1-2H3. The van der Waals surface area contributed by atoms with E-state index in [1.54, 1.807) is 18.2 Å². The van der Waals surface area contributed by atoms with Gasteiger partial charge in [-0.25, -0.2) is 8.78 Å². The molecule has 1 atom stereocenters. The van der Waals surface area contributed by atoms with E-state index < -0.39 is 17.7 Å². The minimum atomic E-state index is -0.978. The predicted octanol–water partition coefficient (Wildman–Crippen LogP) is 3.98. The third-order valence-electron chi connectivity index (χ3n) is 3.09. The van der Waals surface area contributed by atoms with Gasteiger partial charge in [-0.15, -0.1) is 0 Å². The Labute approximate surface area is 121 Å². The van der Waals surface area contributed by atoms with Crippen LogP contribution in [0.5, 0.6) is 5.75 Å². The van der Waals surface area contributed by atoms with Crippen molar-refractivity contribution < 1.29 is 13.5 Å². The van der Waals surface area contributed by atoms with Crippen LogP contribution in [0, 0.1) is 18.6 Å². The lowest BCUT2D eigenvalue weighted by atomic mass is 9.97. The maximum absolute atomic E-state index is 14.0. The van der Waals surface area contributed by atoms with E-state index in [9.17, 15) is 8.78 Å². The largest absolute Gasteiger partial charge is 0.497 e.